The van der Waals surface area contributed by atoms with Gasteiger partial charge in [-0.25, -0.2) is 9.89 Å². The highest BCUT2D eigenvalue weighted by molar-refractivity contribution is 5.56. The predicted molar refractivity (Wildman–Crippen MR) is 61.3 cm³/mol. The molecule has 0 saturated carbocycles. The van der Waals surface area contributed by atoms with E-state index in [2.05, 4.69) is 25.6 Å². The van der Waals surface area contributed by atoms with E-state index in [-0.39, 0.29) is 5.82 Å². The molecule has 0 aliphatic rings. The number of aromatic nitrogens is 5. The van der Waals surface area contributed by atoms with Crippen LogP contribution in [0.3, 0.4) is 0 Å². The van der Waals surface area contributed by atoms with Crippen LogP contribution >= 0.6 is 0 Å². The van der Waals surface area contributed by atoms with E-state index < -0.39 is 11.2 Å². The summed E-state index contributed by atoms with van der Waals surface area (Å²) in [5.74, 6) is 0.0345. The number of H-pyrrole nitrogens is 2. The minimum Gasteiger partial charge on any atom is -0.331 e. The van der Waals surface area contributed by atoms with Crippen molar-refractivity contribution < 1.29 is 0 Å². The third kappa shape index (κ3) is 2.25. The molecule has 0 saturated heterocycles. The molecule has 17 heavy (non-hydrogen) atoms. The number of rotatable bonds is 3. The maximum absolute atomic E-state index is 11.4. The molecular formula is C9H12N6O2. The van der Waals surface area contributed by atoms with Crippen LogP contribution in [0.25, 0.3) is 0 Å². The lowest BCUT2D eigenvalue weighted by molar-refractivity contribution is 0.746. The summed E-state index contributed by atoms with van der Waals surface area (Å²) in [7, 11) is 1.79. The summed E-state index contributed by atoms with van der Waals surface area (Å²) in [6.07, 6.45) is 2.47. The van der Waals surface area contributed by atoms with E-state index in [1.807, 2.05) is 6.92 Å². The van der Waals surface area contributed by atoms with Gasteiger partial charge in [0, 0.05) is 13.2 Å². The van der Waals surface area contributed by atoms with Crippen LogP contribution in [0, 0.1) is 0 Å². The fraction of sp³-hybridized carbons (Fsp3) is 0.333. The van der Waals surface area contributed by atoms with Crippen LogP contribution in [0.1, 0.15) is 12.6 Å². The molecule has 90 valence electrons. The first-order chi connectivity index (χ1) is 8.10. The summed E-state index contributed by atoms with van der Waals surface area (Å²) in [4.78, 5) is 24.3. The molecule has 0 amide bonds. The first-order valence-electron chi connectivity index (χ1n) is 5.08. The highest BCUT2D eigenvalue weighted by atomic mass is 16.2. The first-order valence-corrected chi connectivity index (χ1v) is 5.08. The van der Waals surface area contributed by atoms with Crippen molar-refractivity contribution in [1.29, 1.82) is 0 Å². The van der Waals surface area contributed by atoms with Crippen LogP contribution in [0.5, 0.6) is 0 Å². The van der Waals surface area contributed by atoms with Crippen molar-refractivity contribution in [2.75, 3.05) is 5.32 Å². The average Bonchev–Trinajstić information content (AvgIpc) is 2.63. The van der Waals surface area contributed by atoms with E-state index in [9.17, 15) is 9.59 Å². The molecular weight excluding hydrogens is 224 g/mol. The zero-order valence-corrected chi connectivity index (χ0v) is 9.44. The van der Waals surface area contributed by atoms with E-state index in [0.29, 0.717) is 5.69 Å². The molecule has 2 heterocycles. The number of anilines is 2. The molecule has 0 bridgehead atoms. The second-order valence-corrected chi connectivity index (χ2v) is 3.50. The topological polar surface area (TPSA) is 108 Å². The van der Waals surface area contributed by atoms with Gasteiger partial charge in [0.2, 0.25) is 5.82 Å². The summed E-state index contributed by atoms with van der Waals surface area (Å²) >= 11 is 0. The van der Waals surface area contributed by atoms with Gasteiger partial charge in [-0.1, -0.05) is 6.92 Å². The SMILES string of the molecule is CCc1nn(C)cc1Nc1n[nH]c(=O)[nH]c1=O. The van der Waals surface area contributed by atoms with Gasteiger partial charge in [-0.05, 0) is 6.42 Å². The van der Waals surface area contributed by atoms with Crippen molar-refractivity contribution in [1.82, 2.24) is 25.0 Å². The standard InChI is InChI=1S/C9H12N6O2/c1-3-5-6(4-15(2)14-5)10-7-8(16)11-9(17)13-12-7/h4H,3H2,1-2H3,(H,10,12)(H2,11,13,16,17). The van der Waals surface area contributed by atoms with Gasteiger partial charge in [0.1, 0.15) is 0 Å². The van der Waals surface area contributed by atoms with Gasteiger partial charge in [-0.3, -0.25) is 14.5 Å². The van der Waals surface area contributed by atoms with Crippen LogP contribution < -0.4 is 16.6 Å². The largest absolute Gasteiger partial charge is 0.342 e. The molecule has 0 atom stereocenters. The number of nitrogens with one attached hydrogen (secondary N) is 3. The van der Waals surface area contributed by atoms with Crippen LogP contribution in [0.2, 0.25) is 0 Å². The molecule has 8 heteroatoms. The van der Waals surface area contributed by atoms with Gasteiger partial charge in [-0.2, -0.15) is 5.10 Å². The molecule has 0 aliphatic heterocycles. The molecule has 2 rings (SSSR count). The summed E-state index contributed by atoms with van der Waals surface area (Å²) in [5.41, 5.74) is 0.307. The van der Waals surface area contributed by atoms with Gasteiger partial charge in [0.25, 0.3) is 5.56 Å². The Morgan fingerprint density at radius 2 is 2.24 bits per heavy atom. The van der Waals surface area contributed by atoms with Crippen LogP contribution in [0.15, 0.2) is 15.8 Å². The summed E-state index contributed by atoms with van der Waals surface area (Å²) in [5, 5.41) is 12.8. The Morgan fingerprint density at radius 3 is 2.88 bits per heavy atom. The van der Waals surface area contributed by atoms with E-state index in [4.69, 9.17) is 0 Å². The first kappa shape index (κ1) is 11.1. The van der Waals surface area contributed by atoms with Crippen molar-refractivity contribution in [3.63, 3.8) is 0 Å². The lowest BCUT2D eigenvalue weighted by Crippen LogP contribution is -2.25. The van der Waals surface area contributed by atoms with E-state index in [1.165, 1.54) is 0 Å². The average molecular weight is 236 g/mol. The Bertz CT molecular complexity index is 637. The Labute approximate surface area is 95.7 Å². The van der Waals surface area contributed by atoms with Crippen molar-refractivity contribution in [3.05, 3.63) is 32.7 Å². The van der Waals surface area contributed by atoms with Crippen molar-refractivity contribution in [3.8, 4) is 0 Å². The van der Waals surface area contributed by atoms with Gasteiger partial charge in [0.15, 0.2) is 0 Å². The molecule has 2 aromatic rings. The Morgan fingerprint density at radius 1 is 1.47 bits per heavy atom. The van der Waals surface area contributed by atoms with E-state index in [1.54, 1.807) is 17.9 Å². The number of aryl methyl sites for hydroxylation is 2. The molecule has 0 aliphatic carbocycles. The minimum absolute atomic E-state index is 0.0345. The summed E-state index contributed by atoms with van der Waals surface area (Å²) < 4.78 is 1.64. The second kappa shape index (κ2) is 4.24. The van der Waals surface area contributed by atoms with Crippen LogP contribution in [0.4, 0.5) is 11.5 Å². The van der Waals surface area contributed by atoms with Gasteiger partial charge >= 0.3 is 5.69 Å². The summed E-state index contributed by atoms with van der Waals surface area (Å²) in [6.45, 7) is 1.96. The molecule has 0 radical (unpaired) electrons. The molecule has 0 fully saturated rings. The van der Waals surface area contributed by atoms with Crippen LogP contribution in [-0.2, 0) is 13.5 Å². The highest BCUT2D eigenvalue weighted by Gasteiger charge is 2.09. The third-order valence-electron chi connectivity index (χ3n) is 2.20. The van der Waals surface area contributed by atoms with Crippen molar-refractivity contribution in [2.45, 2.75) is 13.3 Å². The lowest BCUT2D eigenvalue weighted by Gasteiger charge is -2.01. The zero-order chi connectivity index (χ0) is 12.4. The summed E-state index contributed by atoms with van der Waals surface area (Å²) in [6, 6.07) is 0. The molecule has 0 aromatic carbocycles. The van der Waals surface area contributed by atoms with Crippen molar-refractivity contribution >= 4 is 11.5 Å². The molecule has 3 N–H and O–H groups in total. The highest BCUT2D eigenvalue weighted by Crippen LogP contribution is 2.15. The predicted octanol–water partition coefficient (Wildman–Crippen LogP) is -0.502. The van der Waals surface area contributed by atoms with Crippen LogP contribution in [-0.4, -0.2) is 25.0 Å². The second-order valence-electron chi connectivity index (χ2n) is 3.50. The Kier molecular flexibility index (Phi) is 2.77. The van der Waals surface area contributed by atoms with Gasteiger partial charge < -0.3 is 5.32 Å². The minimum atomic E-state index is -0.637. The normalized spacial score (nSPS) is 10.5. The molecule has 0 spiro atoms. The van der Waals surface area contributed by atoms with Gasteiger partial charge in [0.05, 0.1) is 11.4 Å². The van der Waals surface area contributed by atoms with Crippen molar-refractivity contribution in [2.24, 2.45) is 7.05 Å². The number of nitrogens with zero attached hydrogens (tertiary/aromatic N) is 3. The monoisotopic (exact) mass is 236 g/mol. The number of hydrogen-bond donors (Lipinski definition) is 3. The van der Waals surface area contributed by atoms with E-state index in [0.717, 1.165) is 12.1 Å². The fourth-order valence-corrected chi connectivity index (χ4v) is 1.46. The maximum atomic E-state index is 11.4. The fourth-order valence-electron chi connectivity index (χ4n) is 1.46. The maximum Gasteiger partial charge on any atom is 0.342 e. The smallest absolute Gasteiger partial charge is 0.331 e. The molecule has 2 aromatic heterocycles. The quantitative estimate of drug-likeness (QED) is 0.665. The van der Waals surface area contributed by atoms with Gasteiger partial charge in [-0.15, -0.1) is 5.10 Å². The number of hydrogen-bond acceptors (Lipinski definition) is 5. The molecule has 0 unspecified atom stereocenters. The lowest BCUT2D eigenvalue weighted by atomic mass is 10.3. The number of aromatic amines is 2. The Hall–Kier alpha value is -2.38. The Balaban J connectivity index is 2.37. The third-order valence-corrected chi connectivity index (χ3v) is 2.20. The zero-order valence-electron chi connectivity index (χ0n) is 9.44. The molecule has 8 nitrogen and oxygen atoms in total. The van der Waals surface area contributed by atoms with E-state index >= 15 is 0 Å².